The Morgan fingerprint density at radius 3 is 2.50 bits per heavy atom. The number of benzene rings is 2. The number of carbonyl (C=O) groups excluding carboxylic acids is 1. The lowest BCUT2D eigenvalue weighted by atomic mass is 9.98. The SMILES string of the molecule is CCSC1=NC2(CCN(C(=O)Nc3ccccc3OC)CC2)N=C1c1ccccc1. The van der Waals surface area contributed by atoms with Gasteiger partial charge in [0.25, 0.3) is 0 Å². The van der Waals surface area contributed by atoms with Crippen molar-refractivity contribution in [2.45, 2.75) is 25.4 Å². The fraction of sp³-hybridized carbons (Fsp3) is 0.348. The molecule has 7 heteroatoms. The highest BCUT2D eigenvalue weighted by Gasteiger charge is 2.40. The van der Waals surface area contributed by atoms with Crippen LogP contribution < -0.4 is 10.1 Å². The topological polar surface area (TPSA) is 66.3 Å². The zero-order valence-corrected chi connectivity index (χ0v) is 18.1. The Morgan fingerprint density at radius 2 is 1.80 bits per heavy atom. The molecule has 1 N–H and O–H groups in total. The van der Waals surface area contributed by atoms with E-state index in [0.29, 0.717) is 24.5 Å². The first-order valence-electron chi connectivity index (χ1n) is 10.2. The standard InChI is InChI=1S/C23H26N4O2S/c1-3-30-21-20(17-9-5-4-6-10-17)25-23(26-21)13-15-27(16-14-23)22(28)24-18-11-7-8-12-19(18)29-2/h4-12H,3,13-16H2,1-2H3,(H,24,28). The first kappa shape index (κ1) is 20.5. The Balaban J connectivity index is 1.47. The molecule has 6 nitrogen and oxygen atoms in total. The summed E-state index contributed by atoms with van der Waals surface area (Å²) in [4.78, 5) is 24.7. The minimum Gasteiger partial charge on any atom is -0.495 e. The van der Waals surface area contributed by atoms with E-state index in [-0.39, 0.29) is 6.03 Å². The third kappa shape index (κ3) is 4.21. The molecule has 1 fully saturated rings. The average Bonchev–Trinajstić information content (AvgIpc) is 3.13. The predicted molar refractivity (Wildman–Crippen MR) is 124 cm³/mol. The molecule has 0 bridgehead atoms. The Bertz CT molecular complexity index is 966. The molecule has 2 amide bonds. The van der Waals surface area contributed by atoms with Crippen LogP contribution in [0.25, 0.3) is 0 Å². The lowest BCUT2D eigenvalue weighted by Gasteiger charge is -2.35. The van der Waals surface area contributed by atoms with E-state index in [1.807, 2.05) is 47.4 Å². The van der Waals surface area contributed by atoms with Crippen LogP contribution in [-0.4, -0.2) is 53.3 Å². The van der Waals surface area contributed by atoms with Gasteiger partial charge in [-0.3, -0.25) is 4.99 Å². The van der Waals surface area contributed by atoms with Crippen molar-refractivity contribution in [1.29, 1.82) is 0 Å². The summed E-state index contributed by atoms with van der Waals surface area (Å²) in [7, 11) is 1.60. The van der Waals surface area contributed by atoms with Gasteiger partial charge in [-0.1, -0.05) is 49.4 Å². The Hall–Kier alpha value is -2.80. The zero-order chi connectivity index (χ0) is 21.0. The number of ether oxygens (including phenoxy) is 1. The second kappa shape index (κ2) is 8.92. The Morgan fingerprint density at radius 1 is 1.10 bits per heavy atom. The van der Waals surface area contributed by atoms with Gasteiger partial charge in [0.1, 0.15) is 10.8 Å². The van der Waals surface area contributed by atoms with Gasteiger partial charge in [0, 0.05) is 31.5 Å². The van der Waals surface area contributed by atoms with E-state index >= 15 is 0 Å². The number of aliphatic imine (C=N–C) groups is 2. The van der Waals surface area contributed by atoms with Crippen molar-refractivity contribution >= 4 is 34.2 Å². The summed E-state index contributed by atoms with van der Waals surface area (Å²) >= 11 is 1.73. The van der Waals surface area contributed by atoms with Crippen LogP contribution in [-0.2, 0) is 0 Å². The molecule has 2 aromatic carbocycles. The maximum atomic E-state index is 12.8. The largest absolute Gasteiger partial charge is 0.495 e. The summed E-state index contributed by atoms with van der Waals surface area (Å²) in [6.07, 6.45) is 1.44. The molecular formula is C23H26N4O2S. The van der Waals surface area contributed by atoms with Crippen molar-refractivity contribution in [3.63, 3.8) is 0 Å². The highest BCUT2D eigenvalue weighted by atomic mass is 32.2. The number of nitrogens with one attached hydrogen (secondary N) is 1. The summed E-state index contributed by atoms with van der Waals surface area (Å²) in [5.74, 6) is 1.60. The van der Waals surface area contributed by atoms with Crippen molar-refractivity contribution in [2.24, 2.45) is 9.98 Å². The fourth-order valence-corrected chi connectivity index (χ4v) is 4.59. The molecule has 0 aliphatic carbocycles. The van der Waals surface area contributed by atoms with E-state index in [0.717, 1.165) is 34.9 Å². The van der Waals surface area contributed by atoms with Gasteiger partial charge >= 0.3 is 6.03 Å². The molecule has 1 spiro atoms. The predicted octanol–water partition coefficient (Wildman–Crippen LogP) is 4.67. The highest BCUT2D eigenvalue weighted by molar-refractivity contribution is 8.15. The summed E-state index contributed by atoms with van der Waals surface area (Å²) in [5, 5.41) is 3.97. The number of methoxy groups -OCH3 is 1. The molecule has 2 heterocycles. The number of urea groups is 1. The van der Waals surface area contributed by atoms with E-state index in [4.69, 9.17) is 14.7 Å². The van der Waals surface area contributed by atoms with Crippen molar-refractivity contribution in [1.82, 2.24) is 4.90 Å². The van der Waals surface area contributed by atoms with E-state index < -0.39 is 5.66 Å². The molecule has 156 valence electrons. The molecular weight excluding hydrogens is 396 g/mol. The maximum absolute atomic E-state index is 12.8. The van der Waals surface area contributed by atoms with Crippen LogP contribution >= 0.6 is 11.8 Å². The van der Waals surface area contributed by atoms with Crippen LogP contribution in [0.2, 0.25) is 0 Å². The first-order chi connectivity index (χ1) is 14.6. The summed E-state index contributed by atoms with van der Waals surface area (Å²) in [6, 6.07) is 17.6. The second-order valence-electron chi connectivity index (χ2n) is 7.28. The van der Waals surface area contributed by atoms with Gasteiger partial charge in [0.15, 0.2) is 5.66 Å². The minimum absolute atomic E-state index is 0.119. The summed E-state index contributed by atoms with van der Waals surface area (Å²) in [5.41, 5.74) is 2.30. The van der Waals surface area contributed by atoms with Gasteiger partial charge in [-0.15, -0.1) is 11.8 Å². The van der Waals surface area contributed by atoms with Gasteiger partial charge in [-0.05, 0) is 17.9 Å². The van der Waals surface area contributed by atoms with Gasteiger partial charge in [0.05, 0.1) is 18.5 Å². The quantitative estimate of drug-likeness (QED) is 0.778. The third-order valence-corrected chi connectivity index (χ3v) is 6.21. The summed E-state index contributed by atoms with van der Waals surface area (Å²) in [6.45, 7) is 3.35. The number of nitrogens with zero attached hydrogens (tertiary/aromatic N) is 3. The number of carbonyl (C=O) groups is 1. The number of rotatable bonds is 4. The Kier molecular flexibility index (Phi) is 6.08. The molecule has 0 atom stereocenters. The number of hydrogen-bond donors (Lipinski definition) is 1. The number of hydrogen-bond acceptors (Lipinski definition) is 5. The third-order valence-electron chi connectivity index (χ3n) is 5.36. The van der Waals surface area contributed by atoms with Crippen molar-refractivity contribution in [3.8, 4) is 5.75 Å². The van der Waals surface area contributed by atoms with E-state index in [9.17, 15) is 4.79 Å². The highest BCUT2D eigenvalue weighted by Crippen LogP contribution is 2.36. The number of thioether (sulfide) groups is 1. The normalized spacial score (nSPS) is 17.5. The number of piperidine rings is 1. The maximum Gasteiger partial charge on any atom is 0.321 e. The van der Waals surface area contributed by atoms with Crippen molar-refractivity contribution < 1.29 is 9.53 Å². The lowest BCUT2D eigenvalue weighted by molar-refractivity contribution is 0.175. The van der Waals surface area contributed by atoms with Gasteiger partial charge in [-0.25, -0.2) is 9.79 Å². The van der Waals surface area contributed by atoms with E-state index in [1.54, 1.807) is 18.9 Å². The van der Waals surface area contributed by atoms with Crippen molar-refractivity contribution in [2.75, 3.05) is 31.3 Å². The molecule has 4 rings (SSSR count). The molecule has 2 aliphatic heterocycles. The first-order valence-corrected chi connectivity index (χ1v) is 11.2. The van der Waals surface area contributed by atoms with Crippen LogP contribution in [0, 0.1) is 0 Å². The van der Waals surface area contributed by atoms with Gasteiger partial charge in [-0.2, -0.15) is 0 Å². The number of anilines is 1. The number of amides is 2. The lowest BCUT2D eigenvalue weighted by Crippen LogP contribution is -2.46. The smallest absolute Gasteiger partial charge is 0.321 e. The summed E-state index contributed by atoms with van der Waals surface area (Å²) < 4.78 is 5.33. The van der Waals surface area contributed by atoms with E-state index in [1.165, 1.54) is 0 Å². The minimum atomic E-state index is -0.454. The zero-order valence-electron chi connectivity index (χ0n) is 17.3. The molecule has 2 aliphatic rings. The van der Waals surface area contributed by atoms with Crippen LogP contribution in [0.3, 0.4) is 0 Å². The molecule has 0 radical (unpaired) electrons. The second-order valence-corrected chi connectivity index (χ2v) is 8.53. The van der Waals surface area contributed by atoms with Crippen LogP contribution in [0.1, 0.15) is 25.3 Å². The van der Waals surface area contributed by atoms with Crippen LogP contribution in [0.15, 0.2) is 64.6 Å². The average molecular weight is 423 g/mol. The molecule has 0 saturated carbocycles. The molecule has 0 aromatic heterocycles. The molecule has 1 saturated heterocycles. The van der Waals surface area contributed by atoms with Crippen LogP contribution in [0.4, 0.5) is 10.5 Å². The Labute approximate surface area is 181 Å². The number of para-hydroxylation sites is 2. The van der Waals surface area contributed by atoms with Gasteiger partial charge in [0.2, 0.25) is 0 Å². The molecule has 2 aromatic rings. The molecule has 30 heavy (non-hydrogen) atoms. The fourth-order valence-electron chi connectivity index (χ4n) is 3.78. The monoisotopic (exact) mass is 422 g/mol. The van der Waals surface area contributed by atoms with Gasteiger partial charge < -0.3 is 15.0 Å². The van der Waals surface area contributed by atoms with Crippen molar-refractivity contribution in [3.05, 3.63) is 60.2 Å². The number of likely N-dealkylation sites (tertiary alicyclic amines) is 1. The van der Waals surface area contributed by atoms with E-state index in [2.05, 4.69) is 24.4 Å². The van der Waals surface area contributed by atoms with Crippen LogP contribution in [0.5, 0.6) is 5.75 Å². The molecule has 0 unspecified atom stereocenters.